The van der Waals surface area contributed by atoms with Gasteiger partial charge in [0.2, 0.25) is 0 Å². The van der Waals surface area contributed by atoms with Crippen LogP contribution in [0.3, 0.4) is 0 Å². The maximum absolute atomic E-state index is 8.98. The van der Waals surface area contributed by atoms with Gasteiger partial charge in [0, 0.05) is 31.7 Å². The summed E-state index contributed by atoms with van der Waals surface area (Å²) in [6.07, 6.45) is 1.98. The number of hydrogen-bond acceptors (Lipinski definition) is 5. The molecule has 0 bridgehead atoms. The van der Waals surface area contributed by atoms with Gasteiger partial charge in [-0.05, 0) is 18.8 Å². The van der Waals surface area contributed by atoms with Gasteiger partial charge < -0.3 is 15.7 Å². The standard InChI is InChI=1S/C13H22N4O/c1-9(2)13-15-11(14)7-12(16-13)17-5-3-10(8-17)4-6-18/h7,9-10,18H,3-6,8H2,1-2H3,(H2,14,15,16). The molecular formula is C13H22N4O. The average molecular weight is 250 g/mol. The topological polar surface area (TPSA) is 75.3 Å². The third-order valence-corrected chi connectivity index (χ3v) is 3.41. The van der Waals surface area contributed by atoms with E-state index in [4.69, 9.17) is 10.8 Å². The monoisotopic (exact) mass is 250 g/mol. The Morgan fingerprint density at radius 2 is 2.28 bits per heavy atom. The number of nitrogens with two attached hydrogens (primary N) is 1. The first-order chi connectivity index (χ1) is 8.60. The molecule has 5 heteroatoms. The molecule has 5 nitrogen and oxygen atoms in total. The van der Waals surface area contributed by atoms with Gasteiger partial charge in [0.05, 0.1) is 0 Å². The fourth-order valence-corrected chi connectivity index (χ4v) is 2.35. The summed E-state index contributed by atoms with van der Waals surface area (Å²) >= 11 is 0. The molecule has 0 aliphatic carbocycles. The van der Waals surface area contributed by atoms with E-state index >= 15 is 0 Å². The quantitative estimate of drug-likeness (QED) is 0.844. The molecule has 0 spiro atoms. The Morgan fingerprint density at radius 3 is 2.94 bits per heavy atom. The molecule has 1 fully saturated rings. The predicted molar refractivity (Wildman–Crippen MR) is 72.6 cm³/mol. The minimum atomic E-state index is 0.266. The Kier molecular flexibility index (Phi) is 4.01. The van der Waals surface area contributed by atoms with Crippen LogP contribution in [0.1, 0.15) is 38.4 Å². The van der Waals surface area contributed by atoms with Crippen molar-refractivity contribution in [2.75, 3.05) is 30.3 Å². The van der Waals surface area contributed by atoms with Gasteiger partial charge in [-0.2, -0.15) is 0 Å². The summed E-state index contributed by atoms with van der Waals surface area (Å²) in [5, 5.41) is 8.98. The molecular weight excluding hydrogens is 228 g/mol. The molecule has 1 saturated heterocycles. The number of hydrogen-bond donors (Lipinski definition) is 2. The van der Waals surface area contributed by atoms with E-state index in [0.29, 0.717) is 11.7 Å². The van der Waals surface area contributed by atoms with Gasteiger partial charge in [-0.25, -0.2) is 9.97 Å². The maximum atomic E-state index is 8.98. The van der Waals surface area contributed by atoms with Crippen LogP contribution in [0.5, 0.6) is 0 Å². The fraction of sp³-hybridized carbons (Fsp3) is 0.692. The van der Waals surface area contributed by atoms with Gasteiger partial charge >= 0.3 is 0 Å². The molecule has 2 heterocycles. The molecule has 1 unspecified atom stereocenters. The van der Waals surface area contributed by atoms with Crippen molar-refractivity contribution in [3.05, 3.63) is 11.9 Å². The summed E-state index contributed by atoms with van der Waals surface area (Å²) in [4.78, 5) is 11.1. The smallest absolute Gasteiger partial charge is 0.135 e. The first kappa shape index (κ1) is 13.1. The molecule has 0 saturated carbocycles. The molecule has 1 aromatic heterocycles. The summed E-state index contributed by atoms with van der Waals surface area (Å²) in [6, 6.07) is 1.84. The maximum Gasteiger partial charge on any atom is 0.135 e. The minimum Gasteiger partial charge on any atom is -0.396 e. The van der Waals surface area contributed by atoms with E-state index in [2.05, 4.69) is 28.7 Å². The summed E-state index contributed by atoms with van der Waals surface area (Å²) in [5.74, 6) is 3.10. The molecule has 1 aliphatic rings. The Hall–Kier alpha value is -1.36. The molecule has 100 valence electrons. The summed E-state index contributed by atoms with van der Waals surface area (Å²) < 4.78 is 0. The van der Waals surface area contributed by atoms with Crippen LogP contribution in [0.4, 0.5) is 11.6 Å². The van der Waals surface area contributed by atoms with Crippen LogP contribution in [0.25, 0.3) is 0 Å². The second-order valence-electron chi connectivity index (χ2n) is 5.28. The third-order valence-electron chi connectivity index (χ3n) is 3.41. The number of rotatable bonds is 4. The first-order valence-corrected chi connectivity index (χ1v) is 6.60. The van der Waals surface area contributed by atoms with Crippen molar-refractivity contribution in [2.24, 2.45) is 5.92 Å². The third kappa shape index (κ3) is 2.90. The Bertz CT molecular complexity index is 408. The SMILES string of the molecule is CC(C)c1nc(N)cc(N2CCC(CCO)C2)n1. The van der Waals surface area contributed by atoms with E-state index in [9.17, 15) is 0 Å². The highest BCUT2D eigenvalue weighted by molar-refractivity contribution is 5.48. The van der Waals surface area contributed by atoms with Gasteiger partial charge in [-0.1, -0.05) is 13.8 Å². The minimum absolute atomic E-state index is 0.266. The molecule has 3 N–H and O–H groups in total. The van der Waals surface area contributed by atoms with Gasteiger partial charge in [0.25, 0.3) is 0 Å². The van der Waals surface area contributed by atoms with Crippen molar-refractivity contribution in [1.29, 1.82) is 0 Å². The first-order valence-electron chi connectivity index (χ1n) is 6.60. The van der Waals surface area contributed by atoms with Crippen LogP contribution in [-0.2, 0) is 0 Å². The Balaban J connectivity index is 2.14. The fourth-order valence-electron chi connectivity index (χ4n) is 2.35. The van der Waals surface area contributed by atoms with Crippen LogP contribution in [0, 0.1) is 5.92 Å². The van der Waals surface area contributed by atoms with E-state index < -0.39 is 0 Å². The van der Waals surface area contributed by atoms with Crippen molar-refractivity contribution in [1.82, 2.24) is 9.97 Å². The van der Waals surface area contributed by atoms with Crippen LogP contribution >= 0.6 is 0 Å². The highest BCUT2D eigenvalue weighted by atomic mass is 16.3. The lowest BCUT2D eigenvalue weighted by molar-refractivity contribution is 0.263. The van der Waals surface area contributed by atoms with E-state index in [0.717, 1.165) is 37.6 Å². The zero-order valence-electron chi connectivity index (χ0n) is 11.1. The van der Waals surface area contributed by atoms with Crippen molar-refractivity contribution >= 4 is 11.6 Å². The van der Waals surface area contributed by atoms with Crippen molar-refractivity contribution in [3.8, 4) is 0 Å². The molecule has 2 rings (SSSR count). The number of anilines is 2. The average Bonchev–Trinajstić information content (AvgIpc) is 2.77. The molecule has 0 radical (unpaired) electrons. The van der Waals surface area contributed by atoms with Gasteiger partial charge in [0.1, 0.15) is 17.5 Å². The molecule has 0 aromatic carbocycles. The van der Waals surface area contributed by atoms with Gasteiger partial charge in [0.15, 0.2) is 0 Å². The lowest BCUT2D eigenvalue weighted by Crippen LogP contribution is -2.22. The second-order valence-corrected chi connectivity index (χ2v) is 5.28. The van der Waals surface area contributed by atoms with Gasteiger partial charge in [-0.3, -0.25) is 0 Å². The molecule has 1 aliphatic heterocycles. The number of nitrogens with zero attached hydrogens (tertiary/aromatic N) is 3. The van der Waals surface area contributed by atoms with E-state index in [1.54, 1.807) is 0 Å². The van der Waals surface area contributed by atoms with E-state index in [1.807, 2.05) is 6.07 Å². The van der Waals surface area contributed by atoms with Crippen LogP contribution in [0.15, 0.2) is 6.07 Å². The molecule has 1 atom stereocenters. The second kappa shape index (κ2) is 5.52. The largest absolute Gasteiger partial charge is 0.396 e. The zero-order valence-corrected chi connectivity index (χ0v) is 11.1. The summed E-state index contributed by atoms with van der Waals surface area (Å²) in [6.45, 7) is 6.34. The number of aliphatic hydroxyl groups excluding tert-OH is 1. The number of nitrogen functional groups attached to an aromatic ring is 1. The number of aromatic nitrogens is 2. The lowest BCUT2D eigenvalue weighted by Gasteiger charge is -2.19. The molecule has 1 aromatic rings. The van der Waals surface area contributed by atoms with Crippen LogP contribution < -0.4 is 10.6 Å². The van der Waals surface area contributed by atoms with Gasteiger partial charge in [-0.15, -0.1) is 0 Å². The van der Waals surface area contributed by atoms with Crippen molar-refractivity contribution < 1.29 is 5.11 Å². The molecule has 18 heavy (non-hydrogen) atoms. The Labute approximate surface area is 108 Å². The highest BCUT2D eigenvalue weighted by Crippen LogP contribution is 2.26. The van der Waals surface area contributed by atoms with E-state index in [-0.39, 0.29) is 12.5 Å². The Morgan fingerprint density at radius 1 is 1.50 bits per heavy atom. The molecule has 0 amide bonds. The lowest BCUT2D eigenvalue weighted by atomic mass is 10.1. The van der Waals surface area contributed by atoms with Crippen LogP contribution in [-0.4, -0.2) is 34.8 Å². The van der Waals surface area contributed by atoms with Crippen LogP contribution in [0.2, 0.25) is 0 Å². The van der Waals surface area contributed by atoms with Crippen molar-refractivity contribution in [2.45, 2.75) is 32.6 Å². The van der Waals surface area contributed by atoms with Crippen molar-refractivity contribution in [3.63, 3.8) is 0 Å². The predicted octanol–water partition coefficient (Wildman–Crippen LogP) is 1.39. The highest BCUT2D eigenvalue weighted by Gasteiger charge is 2.23. The zero-order chi connectivity index (χ0) is 13.1. The summed E-state index contributed by atoms with van der Waals surface area (Å²) in [5.41, 5.74) is 5.84. The number of aliphatic hydroxyl groups is 1. The summed E-state index contributed by atoms with van der Waals surface area (Å²) in [7, 11) is 0. The normalized spacial score (nSPS) is 19.8. The van der Waals surface area contributed by atoms with E-state index in [1.165, 1.54) is 0 Å².